The number of carbonyl (C=O) groups excluding carboxylic acids is 1. The summed E-state index contributed by atoms with van der Waals surface area (Å²) in [7, 11) is 0. The maximum atomic E-state index is 12.0. The molecule has 3 nitrogen and oxygen atoms in total. The second-order valence-corrected chi connectivity index (χ2v) is 4.41. The van der Waals surface area contributed by atoms with Crippen molar-refractivity contribution in [3.05, 3.63) is 59.1 Å². The van der Waals surface area contributed by atoms with E-state index in [0.717, 1.165) is 0 Å². The second-order valence-electron chi connectivity index (χ2n) is 4.00. The van der Waals surface area contributed by atoms with E-state index in [-0.39, 0.29) is 5.91 Å². The Labute approximate surface area is 109 Å². The molecule has 0 fully saturated rings. The van der Waals surface area contributed by atoms with E-state index in [1.807, 2.05) is 30.3 Å². The number of ether oxygens (including phenoxy) is 1. The number of hydrogen-bond donors (Lipinski definition) is 1. The van der Waals surface area contributed by atoms with Gasteiger partial charge in [-0.3, -0.25) is 4.79 Å². The first kappa shape index (κ1) is 11.1. The van der Waals surface area contributed by atoms with Crippen molar-refractivity contribution in [2.24, 2.45) is 0 Å². The highest BCUT2D eigenvalue weighted by molar-refractivity contribution is 6.31. The molecule has 1 atom stereocenters. The van der Waals surface area contributed by atoms with Crippen LogP contribution in [0.5, 0.6) is 5.75 Å². The number of carbonyl (C=O) groups is 1. The van der Waals surface area contributed by atoms with Crippen LogP contribution in [0.4, 0.5) is 5.69 Å². The van der Waals surface area contributed by atoms with Crippen molar-refractivity contribution in [2.75, 3.05) is 5.32 Å². The minimum absolute atomic E-state index is 0.207. The number of amides is 1. The third-order valence-electron chi connectivity index (χ3n) is 2.82. The number of fused-ring (bicyclic) bond motifs is 1. The van der Waals surface area contributed by atoms with Crippen molar-refractivity contribution in [1.82, 2.24) is 0 Å². The van der Waals surface area contributed by atoms with E-state index in [2.05, 4.69) is 5.32 Å². The molecule has 4 heteroatoms. The summed E-state index contributed by atoms with van der Waals surface area (Å²) < 4.78 is 5.71. The Morgan fingerprint density at radius 3 is 2.61 bits per heavy atom. The largest absolute Gasteiger partial charge is 0.474 e. The third kappa shape index (κ3) is 1.83. The molecule has 1 heterocycles. The molecule has 2 aromatic carbocycles. The standard InChI is InChI=1S/C14H10ClNO2/c15-10-6-2-1-5-9(10)13-14(17)16-11-7-3-4-8-12(11)18-13/h1-8,13H,(H,16,17)/t13-/m1/s1. The van der Waals surface area contributed by atoms with Gasteiger partial charge in [0.1, 0.15) is 5.75 Å². The van der Waals surface area contributed by atoms with Crippen molar-refractivity contribution >= 4 is 23.2 Å². The van der Waals surface area contributed by atoms with Gasteiger partial charge in [0.15, 0.2) is 0 Å². The number of hydrogen-bond acceptors (Lipinski definition) is 2. The Balaban J connectivity index is 2.01. The summed E-state index contributed by atoms with van der Waals surface area (Å²) in [5.74, 6) is 0.448. The predicted octanol–water partition coefficient (Wildman–Crippen LogP) is 3.41. The van der Waals surface area contributed by atoms with Gasteiger partial charge < -0.3 is 10.1 Å². The van der Waals surface area contributed by atoms with Crippen molar-refractivity contribution < 1.29 is 9.53 Å². The van der Waals surface area contributed by atoms with Gasteiger partial charge in [-0.15, -0.1) is 0 Å². The van der Waals surface area contributed by atoms with Crippen LogP contribution in [0.25, 0.3) is 0 Å². The summed E-state index contributed by atoms with van der Waals surface area (Å²) in [5.41, 5.74) is 1.36. The van der Waals surface area contributed by atoms with Crippen LogP contribution in [0.1, 0.15) is 11.7 Å². The van der Waals surface area contributed by atoms with Crippen LogP contribution in [-0.4, -0.2) is 5.91 Å². The van der Waals surface area contributed by atoms with Gasteiger partial charge in [0.2, 0.25) is 6.10 Å². The van der Waals surface area contributed by atoms with Crippen LogP contribution < -0.4 is 10.1 Å². The number of anilines is 1. The summed E-state index contributed by atoms with van der Waals surface area (Å²) in [5, 5.41) is 3.34. The van der Waals surface area contributed by atoms with Crippen LogP contribution in [-0.2, 0) is 4.79 Å². The van der Waals surface area contributed by atoms with Crippen molar-refractivity contribution in [3.63, 3.8) is 0 Å². The summed E-state index contributed by atoms with van der Waals surface area (Å²) >= 11 is 6.09. The molecule has 1 aliphatic heterocycles. The summed E-state index contributed by atoms with van der Waals surface area (Å²) in [6.07, 6.45) is -0.700. The number of halogens is 1. The van der Waals surface area contributed by atoms with E-state index in [9.17, 15) is 4.79 Å². The molecule has 1 aliphatic rings. The molecule has 3 rings (SSSR count). The van der Waals surface area contributed by atoms with Gasteiger partial charge in [0.05, 0.1) is 5.69 Å². The van der Waals surface area contributed by atoms with Gasteiger partial charge in [0, 0.05) is 10.6 Å². The first-order valence-corrected chi connectivity index (χ1v) is 5.94. The van der Waals surface area contributed by atoms with E-state index < -0.39 is 6.10 Å². The number of nitrogens with one attached hydrogen (secondary N) is 1. The van der Waals surface area contributed by atoms with Gasteiger partial charge in [-0.2, -0.15) is 0 Å². The third-order valence-corrected chi connectivity index (χ3v) is 3.16. The smallest absolute Gasteiger partial charge is 0.270 e. The minimum Gasteiger partial charge on any atom is -0.474 e. The predicted molar refractivity (Wildman–Crippen MR) is 69.9 cm³/mol. The molecule has 1 amide bonds. The minimum atomic E-state index is -0.700. The van der Waals surface area contributed by atoms with Crippen LogP contribution >= 0.6 is 11.6 Å². The molecule has 0 aromatic heterocycles. The lowest BCUT2D eigenvalue weighted by atomic mass is 10.1. The molecule has 0 saturated carbocycles. The average molecular weight is 260 g/mol. The van der Waals surface area contributed by atoms with Gasteiger partial charge in [-0.25, -0.2) is 0 Å². The highest BCUT2D eigenvalue weighted by atomic mass is 35.5. The monoisotopic (exact) mass is 259 g/mol. The number of benzene rings is 2. The first-order valence-electron chi connectivity index (χ1n) is 5.56. The maximum absolute atomic E-state index is 12.0. The Morgan fingerprint density at radius 2 is 1.78 bits per heavy atom. The number of para-hydroxylation sites is 2. The lowest BCUT2D eigenvalue weighted by Gasteiger charge is -2.26. The van der Waals surface area contributed by atoms with Crippen molar-refractivity contribution in [1.29, 1.82) is 0 Å². The van der Waals surface area contributed by atoms with Gasteiger partial charge in [0.25, 0.3) is 5.91 Å². The van der Waals surface area contributed by atoms with E-state index >= 15 is 0 Å². The molecule has 0 radical (unpaired) electrons. The highest BCUT2D eigenvalue weighted by Crippen LogP contribution is 2.36. The van der Waals surface area contributed by atoms with E-state index in [1.165, 1.54) is 0 Å². The zero-order chi connectivity index (χ0) is 12.5. The molecular formula is C14H10ClNO2. The SMILES string of the molecule is O=C1Nc2ccccc2O[C@@H]1c1ccccc1Cl. The topological polar surface area (TPSA) is 38.3 Å². The van der Waals surface area contributed by atoms with Crippen LogP contribution in [0.3, 0.4) is 0 Å². The molecule has 2 aromatic rings. The van der Waals surface area contributed by atoms with Crippen LogP contribution in [0.2, 0.25) is 5.02 Å². The van der Waals surface area contributed by atoms with E-state index in [1.54, 1.807) is 18.2 Å². The first-order chi connectivity index (χ1) is 8.75. The molecule has 18 heavy (non-hydrogen) atoms. The quantitative estimate of drug-likeness (QED) is 0.852. The fraction of sp³-hybridized carbons (Fsp3) is 0.0714. The van der Waals surface area contributed by atoms with Gasteiger partial charge >= 0.3 is 0 Å². The summed E-state index contributed by atoms with van der Waals surface area (Å²) in [4.78, 5) is 12.0. The molecule has 0 bridgehead atoms. The lowest BCUT2D eigenvalue weighted by Crippen LogP contribution is -2.30. The lowest BCUT2D eigenvalue weighted by molar-refractivity contribution is -0.123. The Morgan fingerprint density at radius 1 is 1.06 bits per heavy atom. The average Bonchev–Trinajstić information content (AvgIpc) is 2.39. The fourth-order valence-corrected chi connectivity index (χ4v) is 2.18. The van der Waals surface area contributed by atoms with Gasteiger partial charge in [-0.1, -0.05) is 41.9 Å². The molecule has 0 spiro atoms. The highest BCUT2D eigenvalue weighted by Gasteiger charge is 2.30. The van der Waals surface area contributed by atoms with Crippen LogP contribution in [0, 0.1) is 0 Å². The fourth-order valence-electron chi connectivity index (χ4n) is 1.94. The Kier molecular flexibility index (Phi) is 2.68. The molecule has 90 valence electrons. The van der Waals surface area contributed by atoms with Crippen molar-refractivity contribution in [2.45, 2.75) is 6.10 Å². The Hall–Kier alpha value is -2.00. The number of rotatable bonds is 1. The Bertz CT molecular complexity index is 612. The maximum Gasteiger partial charge on any atom is 0.270 e. The molecular weight excluding hydrogens is 250 g/mol. The van der Waals surface area contributed by atoms with Crippen LogP contribution in [0.15, 0.2) is 48.5 Å². The van der Waals surface area contributed by atoms with E-state index in [4.69, 9.17) is 16.3 Å². The zero-order valence-electron chi connectivity index (χ0n) is 9.39. The summed E-state index contributed by atoms with van der Waals surface area (Å²) in [6, 6.07) is 14.5. The molecule has 0 saturated heterocycles. The van der Waals surface area contributed by atoms with E-state index in [0.29, 0.717) is 22.0 Å². The second kappa shape index (κ2) is 4.35. The molecule has 1 N–H and O–H groups in total. The van der Waals surface area contributed by atoms with Crippen molar-refractivity contribution in [3.8, 4) is 5.75 Å². The summed E-state index contributed by atoms with van der Waals surface area (Å²) in [6.45, 7) is 0. The zero-order valence-corrected chi connectivity index (χ0v) is 10.1. The normalized spacial score (nSPS) is 17.6. The molecule has 0 unspecified atom stereocenters. The molecule has 0 aliphatic carbocycles. The van der Waals surface area contributed by atoms with Gasteiger partial charge in [-0.05, 0) is 18.2 Å².